The first-order chi connectivity index (χ1) is 16.1. The third kappa shape index (κ3) is 5.30. The number of rotatable bonds is 7. The van der Waals surface area contributed by atoms with Crippen molar-refractivity contribution in [1.29, 1.82) is 0 Å². The van der Waals surface area contributed by atoms with E-state index in [-0.39, 0.29) is 28.6 Å². The summed E-state index contributed by atoms with van der Waals surface area (Å²) >= 11 is 5.76. The summed E-state index contributed by atoms with van der Waals surface area (Å²) in [7, 11) is -2.44. The Bertz CT molecular complexity index is 1510. The number of hydrogen-bond donors (Lipinski definition) is 3. The number of aryl methyl sites for hydroxylation is 1. The fraction of sp³-hybridized carbons (Fsp3) is 0.0952. The molecule has 2 heterocycles. The summed E-state index contributed by atoms with van der Waals surface area (Å²) < 4.78 is 57.2. The third-order valence-corrected chi connectivity index (χ3v) is 6.01. The van der Waals surface area contributed by atoms with Crippen molar-refractivity contribution in [3.8, 4) is 0 Å². The van der Waals surface area contributed by atoms with Gasteiger partial charge >= 0.3 is 0 Å². The maximum absolute atomic E-state index is 13.4. The second-order valence-corrected chi connectivity index (χ2v) is 9.07. The Morgan fingerprint density at radius 3 is 2.59 bits per heavy atom. The molecule has 0 atom stereocenters. The van der Waals surface area contributed by atoms with E-state index in [1.807, 2.05) is 0 Å². The molecule has 0 spiro atoms. The number of fused-ring (bicyclic) bond motifs is 1. The lowest BCUT2D eigenvalue weighted by atomic mass is 10.2. The van der Waals surface area contributed by atoms with Gasteiger partial charge in [0.2, 0.25) is 5.95 Å². The van der Waals surface area contributed by atoms with Crippen molar-refractivity contribution in [3.05, 3.63) is 82.8 Å². The van der Waals surface area contributed by atoms with E-state index in [4.69, 9.17) is 11.6 Å². The zero-order chi connectivity index (χ0) is 24.5. The van der Waals surface area contributed by atoms with Gasteiger partial charge in [-0.25, -0.2) is 9.37 Å². The molecule has 34 heavy (non-hydrogen) atoms. The van der Waals surface area contributed by atoms with E-state index in [2.05, 4.69) is 24.8 Å². The fourth-order valence-corrected chi connectivity index (χ4v) is 4.23. The molecule has 0 aliphatic carbocycles. The van der Waals surface area contributed by atoms with Gasteiger partial charge in [0.15, 0.2) is 0 Å². The molecule has 4 rings (SSSR count). The van der Waals surface area contributed by atoms with E-state index in [1.165, 1.54) is 41.1 Å². The van der Waals surface area contributed by atoms with Gasteiger partial charge in [0.25, 0.3) is 16.1 Å². The molecular weight excluding hydrogens is 490 g/mol. The van der Waals surface area contributed by atoms with E-state index in [9.17, 15) is 22.0 Å². The highest BCUT2D eigenvalue weighted by Crippen LogP contribution is 2.24. The highest BCUT2D eigenvalue weighted by atomic mass is 35.5. The molecule has 2 aromatic carbocycles. The first-order valence-corrected chi connectivity index (χ1v) is 11.6. The molecule has 0 unspecified atom stereocenters. The minimum Gasteiger partial charge on any atom is -0.321 e. The van der Waals surface area contributed by atoms with Gasteiger partial charge in [-0.1, -0.05) is 17.7 Å². The molecule has 4 aromatic rings. The average molecular weight is 507 g/mol. The molecule has 0 aliphatic rings. The van der Waals surface area contributed by atoms with E-state index >= 15 is 0 Å². The van der Waals surface area contributed by atoms with Gasteiger partial charge in [-0.05, 0) is 48.5 Å². The number of aromatic nitrogens is 3. The number of pyridine rings is 1. The summed E-state index contributed by atoms with van der Waals surface area (Å²) in [6.07, 6.45) is 0. The summed E-state index contributed by atoms with van der Waals surface area (Å²) in [5.41, 5.74) is 1.28. The molecule has 0 radical (unpaired) electrons. The minimum atomic E-state index is -4.00. The second kappa shape index (κ2) is 9.33. The molecule has 0 saturated heterocycles. The Kier molecular flexibility index (Phi) is 6.46. The molecule has 0 bridgehead atoms. The predicted octanol–water partition coefficient (Wildman–Crippen LogP) is 3.60. The van der Waals surface area contributed by atoms with Crippen molar-refractivity contribution in [2.24, 2.45) is 7.05 Å². The van der Waals surface area contributed by atoms with Crippen LogP contribution in [0.2, 0.25) is 5.02 Å². The molecule has 0 saturated carbocycles. The van der Waals surface area contributed by atoms with Crippen LogP contribution in [-0.4, -0.2) is 29.1 Å². The van der Waals surface area contributed by atoms with Crippen LogP contribution < -0.4 is 14.8 Å². The lowest BCUT2D eigenvalue weighted by molar-refractivity contribution is 0.101. The van der Waals surface area contributed by atoms with Gasteiger partial charge in [0.05, 0.1) is 28.5 Å². The lowest BCUT2D eigenvalue weighted by Crippen LogP contribution is -2.30. The standard InChI is InChI=1S/C21H17ClF2N6O3S/c1-30-20(21(31)27-12-6-8-17(23)16(22)9-12)15-7-5-13(10-18(15)28-30)29-34(32,33)25-11-14-3-2-4-19(24)26-14/h2-10,25,29H,11H2,1H3,(H,27,31). The highest BCUT2D eigenvalue weighted by Gasteiger charge is 2.19. The van der Waals surface area contributed by atoms with Crippen molar-refractivity contribution in [3.63, 3.8) is 0 Å². The van der Waals surface area contributed by atoms with Crippen LogP contribution in [0.1, 0.15) is 16.2 Å². The van der Waals surface area contributed by atoms with Crippen molar-refractivity contribution in [2.45, 2.75) is 6.54 Å². The van der Waals surface area contributed by atoms with Gasteiger partial charge in [-0.2, -0.15) is 22.6 Å². The Balaban J connectivity index is 1.51. The summed E-state index contributed by atoms with van der Waals surface area (Å²) in [5.74, 6) is -1.83. The topological polar surface area (TPSA) is 118 Å². The number of carbonyl (C=O) groups excluding carboxylic acids is 1. The van der Waals surface area contributed by atoms with Crippen molar-refractivity contribution in [2.75, 3.05) is 10.0 Å². The lowest BCUT2D eigenvalue weighted by Gasteiger charge is -2.09. The van der Waals surface area contributed by atoms with Crippen LogP contribution in [-0.2, 0) is 23.8 Å². The first kappa shape index (κ1) is 23.5. The van der Waals surface area contributed by atoms with Crippen LogP contribution >= 0.6 is 11.6 Å². The molecule has 0 fully saturated rings. The number of nitrogens with one attached hydrogen (secondary N) is 3. The highest BCUT2D eigenvalue weighted by molar-refractivity contribution is 7.90. The molecular formula is C21H17ClF2N6O3S. The second-order valence-electron chi connectivity index (χ2n) is 7.17. The summed E-state index contributed by atoms with van der Waals surface area (Å²) in [4.78, 5) is 16.4. The minimum absolute atomic E-state index is 0.133. The number of anilines is 2. The van der Waals surface area contributed by atoms with Gasteiger partial charge in [-0.15, -0.1) is 0 Å². The van der Waals surface area contributed by atoms with Crippen molar-refractivity contribution >= 4 is 50.0 Å². The molecule has 13 heteroatoms. The predicted molar refractivity (Wildman–Crippen MR) is 124 cm³/mol. The summed E-state index contributed by atoms with van der Waals surface area (Å²) in [6.45, 7) is -0.212. The average Bonchev–Trinajstić information content (AvgIpc) is 3.10. The largest absolute Gasteiger partial charge is 0.321 e. The number of hydrogen-bond acceptors (Lipinski definition) is 5. The first-order valence-electron chi connectivity index (χ1n) is 9.73. The summed E-state index contributed by atoms with van der Waals surface area (Å²) in [6, 6.07) is 12.3. The number of benzene rings is 2. The Hall–Kier alpha value is -3.61. The molecule has 2 aromatic heterocycles. The number of carbonyl (C=O) groups is 1. The van der Waals surface area contributed by atoms with E-state index < -0.39 is 27.9 Å². The molecule has 3 N–H and O–H groups in total. The molecule has 176 valence electrons. The number of nitrogens with zero attached hydrogens (tertiary/aromatic N) is 3. The molecule has 0 aliphatic heterocycles. The van der Waals surface area contributed by atoms with Crippen LogP contribution in [0.15, 0.2) is 54.6 Å². The van der Waals surface area contributed by atoms with Crippen LogP contribution in [0, 0.1) is 11.8 Å². The van der Waals surface area contributed by atoms with E-state index in [0.717, 1.165) is 12.1 Å². The third-order valence-electron chi connectivity index (χ3n) is 4.70. The van der Waals surface area contributed by atoms with Gasteiger partial charge < -0.3 is 5.32 Å². The van der Waals surface area contributed by atoms with Crippen LogP contribution in [0.4, 0.5) is 20.2 Å². The normalized spacial score (nSPS) is 11.5. The Labute approximate surface area is 197 Å². The quantitative estimate of drug-likeness (QED) is 0.331. The zero-order valence-corrected chi connectivity index (χ0v) is 19.1. The van der Waals surface area contributed by atoms with E-state index in [0.29, 0.717) is 16.6 Å². The van der Waals surface area contributed by atoms with Crippen LogP contribution in [0.3, 0.4) is 0 Å². The van der Waals surface area contributed by atoms with E-state index in [1.54, 1.807) is 13.1 Å². The van der Waals surface area contributed by atoms with Crippen LogP contribution in [0.5, 0.6) is 0 Å². The van der Waals surface area contributed by atoms with Crippen LogP contribution in [0.25, 0.3) is 10.9 Å². The maximum atomic E-state index is 13.4. The van der Waals surface area contributed by atoms with Crippen molar-refractivity contribution < 1.29 is 22.0 Å². The SMILES string of the molecule is Cn1nc2cc(NS(=O)(=O)NCc3cccc(F)n3)ccc2c1C(=O)Nc1ccc(F)c(Cl)c1. The monoisotopic (exact) mass is 506 g/mol. The number of amides is 1. The number of halogens is 3. The Morgan fingerprint density at radius 1 is 1.09 bits per heavy atom. The van der Waals surface area contributed by atoms with Crippen molar-refractivity contribution in [1.82, 2.24) is 19.5 Å². The summed E-state index contributed by atoms with van der Waals surface area (Å²) in [5, 5.41) is 7.23. The fourth-order valence-electron chi connectivity index (χ4n) is 3.21. The zero-order valence-electron chi connectivity index (χ0n) is 17.5. The Morgan fingerprint density at radius 2 is 1.85 bits per heavy atom. The maximum Gasteiger partial charge on any atom is 0.299 e. The van der Waals surface area contributed by atoms with Gasteiger partial charge in [0, 0.05) is 18.1 Å². The van der Waals surface area contributed by atoms with Gasteiger partial charge in [0.1, 0.15) is 11.5 Å². The molecule has 9 nitrogen and oxygen atoms in total. The smallest absolute Gasteiger partial charge is 0.299 e. The van der Waals surface area contributed by atoms with Gasteiger partial charge in [-0.3, -0.25) is 14.2 Å². The molecule has 1 amide bonds.